The summed E-state index contributed by atoms with van der Waals surface area (Å²) < 4.78 is 200. The highest BCUT2D eigenvalue weighted by atomic mass is 32.2. The molecule has 0 bridgehead atoms. The lowest BCUT2D eigenvalue weighted by Crippen LogP contribution is -2.08. The van der Waals surface area contributed by atoms with Crippen molar-refractivity contribution in [3.8, 4) is 17.7 Å². The first-order chi connectivity index (χ1) is 39.6. The zero-order chi connectivity index (χ0) is 62.7. The number of benzene rings is 5. The van der Waals surface area contributed by atoms with E-state index in [0.29, 0.717) is 5.56 Å². The molecule has 0 saturated heterocycles. The molecule has 0 aliphatic carbocycles. The summed E-state index contributed by atoms with van der Waals surface area (Å²) in [6, 6.07) is 13.9. The Labute approximate surface area is 489 Å². The lowest BCUT2D eigenvalue weighted by molar-refractivity contribution is 0.278. The van der Waals surface area contributed by atoms with Gasteiger partial charge in [0.15, 0.2) is 11.3 Å². The maximum atomic E-state index is 12.5. The number of nitrogens with zero attached hydrogens (tertiary/aromatic N) is 10. The number of thioether (sulfide) groups is 1. The second-order valence-corrected chi connectivity index (χ2v) is 27.4. The Bertz CT molecular complexity index is 4910. The number of ether oxygens (including phenoxy) is 1. The lowest BCUT2D eigenvalue weighted by Gasteiger charge is -2.12. The van der Waals surface area contributed by atoms with Gasteiger partial charge in [0.05, 0.1) is 69.0 Å². The molecule has 0 saturated carbocycles. The van der Waals surface area contributed by atoms with Gasteiger partial charge in [0.2, 0.25) is 11.0 Å². The highest BCUT2D eigenvalue weighted by Crippen LogP contribution is 2.44. The molecular weight excluding hydrogens is 1290 g/mol. The van der Waals surface area contributed by atoms with Crippen molar-refractivity contribution in [1.29, 1.82) is 5.26 Å². The van der Waals surface area contributed by atoms with Crippen LogP contribution in [0.25, 0.3) is 37.7 Å². The molecule has 8 N–H and O–H groups in total. The normalized spacial score (nSPS) is 12.8. The molecule has 450 valence electrons. The number of aliphatic hydroxyl groups excluding tert-OH is 2. The molecule has 3 aromatic heterocycles. The van der Waals surface area contributed by atoms with Crippen LogP contribution in [0, 0.1) is 25.2 Å². The Morgan fingerprint density at radius 2 is 1.32 bits per heavy atom. The first-order valence-electron chi connectivity index (χ1n) is 23.2. The van der Waals surface area contributed by atoms with Crippen molar-refractivity contribution in [1.82, 2.24) is 14.4 Å². The number of pyridine rings is 1. The van der Waals surface area contributed by atoms with Crippen LogP contribution in [0.4, 0.5) is 33.6 Å². The van der Waals surface area contributed by atoms with Gasteiger partial charge < -0.3 is 20.1 Å². The van der Waals surface area contributed by atoms with Crippen LogP contribution in [-0.4, -0.2) is 131 Å². The average Bonchev–Trinajstić information content (AvgIpc) is 1.72. The minimum absolute atomic E-state index is 0.00519. The number of hydrogen-bond donors (Lipinski definition) is 8. The van der Waals surface area contributed by atoms with Crippen molar-refractivity contribution in [2.24, 2.45) is 30.7 Å². The maximum absolute atomic E-state index is 12.5. The number of thiazole rings is 1. The van der Waals surface area contributed by atoms with Crippen LogP contribution in [0.3, 0.4) is 0 Å². The number of rotatable bonds is 21. The third-order valence-electron chi connectivity index (χ3n) is 11.7. The van der Waals surface area contributed by atoms with E-state index in [4.69, 9.17) is 17.4 Å². The van der Waals surface area contributed by atoms with Gasteiger partial charge in [0, 0.05) is 33.0 Å². The number of hydrogen-bond acceptors (Lipinski definition) is 28. The van der Waals surface area contributed by atoms with E-state index in [9.17, 15) is 85.4 Å². The van der Waals surface area contributed by atoms with E-state index in [2.05, 4.69) is 40.7 Å². The summed E-state index contributed by atoms with van der Waals surface area (Å²) in [5.41, 5.74) is -0.693. The van der Waals surface area contributed by atoms with Gasteiger partial charge in [-0.3, -0.25) is 27.2 Å². The molecule has 32 nitrogen and oxygen atoms in total. The minimum Gasteiger partial charge on any atom is -0.493 e. The molecule has 0 atom stereocenters. The molecule has 0 spiro atoms. The van der Waals surface area contributed by atoms with E-state index in [-0.39, 0.29) is 129 Å². The third-order valence-corrected chi connectivity index (χ3v) is 18.1. The van der Waals surface area contributed by atoms with Crippen LogP contribution in [0.15, 0.2) is 111 Å². The summed E-state index contributed by atoms with van der Waals surface area (Å²) in [6.45, 7) is 1.09. The van der Waals surface area contributed by atoms with Gasteiger partial charge in [-0.1, -0.05) is 17.4 Å². The van der Waals surface area contributed by atoms with Gasteiger partial charge in [-0.25, -0.2) is 9.97 Å². The highest BCUT2D eigenvalue weighted by molar-refractivity contribution is 7.99. The molecule has 0 aliphatic rings. The number of nitriles is 1. The Morgan fingerprint density at radius 1 is 0.694 bits per heavy atom. The summed E-state index contributed by atoms with van der Waals surface area (Å²) in [6.07, 6.45) is -0.290. The van der Waals surface area contributed by atoms with Gasteiger partial charge >= 0.3 is 10.6 Å². The minimum atomic E-state index is -4.92. The van der Waals surface area contributed by atoms with Crippen molar-refractivity contribution < 1.29 is 97.5 Å². The number of azo groups is 3. The van der Waals surface area contributed by atoms with Crippen LogP contribution in [0.2, 0.25) is 0 Å². The second-order valence-electron chi connectivity index (χ2n) is 17.5. The molecule has 5 aromatic carbocycles. The average molecular weight is 1330 g/mol. The molecule has 8 rings (SSSR count). The summed E-state index contributed by atoms with van der Waals surface area (Å²) in [5.74, 6) is -2.01. The van der Waals surface area contributed by atoms with E-state index in [1.807, 2.05) is 6.07 Å². The van der Waals surface area contributed by atoms with Crippen molar-refractivity contribution in [2.75, 3.05) is 23.9 Å². The molecule has 8 aromatic rings. The number of aromatic nitrogens is 3. The number of fused-ring (bicyclic) bond motifs is 6. The smallest absolute Gasteiger partial charge is 0.425 e. The fourth-order valence-corrected chi connectivity index (χ4v) is 13.0. The Morgan fingerprint density at radius 3 is 1.93 bits per heavy atom. The van der Waals surface area contributed by atoms with Crippen molar-refractivity contribution >= 4 is 156 Å². The molecule has 40 heteroatoms. The van der Waals surface area contributed by atoms with Crippen LogP contribution in [0.1, 0.15) is 40.7 Å². The van der Waals surface area contributed by atoms with Crippen LogP contribution in [-0.2, 0) is 74.4 Å². The monoisotopic (exact) mass is 1330 g/mol. The standard InChI is InChI=1S/C45H40N10O19S7.O3S/c1-22-11-33(51-53-40-23(2)29(19-46)43-47-32-18-38(80(68,69)70)26(21-57)13-35(32)55(43)44(40)58)36(74-7-3-9-77(59,60)61)16-30(22)49-52-34-12-25(20-56)31(17-37(34)75-8-4-10-78(62,63)64)50-54-45-48-41-39(81(71,72)73)14-24-5-6-27(79(65,66)67)15-28(24)42(41)76-45;1-4(2)3/h5-6,11-18,56-58H,3-4,7-10,20-21H2,1-2H3,(H,59,60,61)(H,62,63,64)(H,65,66,67)(H,68,69,70)(H,71,72,73);. The van der Waals surface area contributed by atoms with Gasteiger partial charge in [0.25, 0.3) is 50.6 Å². The SMILES string of the molecule is Cc1cc(N=Nc2c(C)c(C#N)c3nc4cc(S(=O)(=O)O)c(CO)cc4n3c2O)c(OCCCS(=O)(=O)O)cc1N=Nc1cc(CO)c(N=Nc2nc3c(S(=O)(=O)O)cc4ccc(S(=O)(=O)O)cc4c3s2)cc1SCCCS(=O)(=O)O.O=S(=O)=O. The van der Waals surface area contributed by atoms with E-state index < -0.39 is 106 Å². The third kappa shape index (κ3) is 15.7. The fraction of sp³-hybridized carbons (Fsp3) is 0.222. The Balaban J connectivity index is 0.00000251. The molecule has 0 amide bonds. The van der Waals surface area contributed by atoms with Crippen molar-refractivity contribution in [2.45, 2.75) is 59.5 Å². The van der Waals surface area contributed by atoms with Gasteiger partial charge in [0.1, 0.15) is 38.4 Å². The molecule has 0 aliphatic heterocycles. The quantitative estimate of drug-likeness (QED) is 0.0150. The van der Waals surface area contributed by atoms with Gasteiger partial charge in [-0.2, -0.15) is 52.5 Å². The topological polar surface area (TPSA) is 521 Å². The predicted octanol–water partition coefficient (Wildman–Crippen LogP) is 7.44. The molecule has 0 unspecified atom stereocenters. The first-order valence-corrected chi connectivity index (χ1v) is 33.6. The summed E-state index contributed by atoms with van der Waals surface area (Å²) in [5, 5.41) is 68.2. The fourth-order valence-electron chi connectivity index (χ4n) is 7.97. The molecular formula is C45H40N10O22S8. The highest BCUT2D eigenvalue weighted by Gasteiger charge is 2.26. The number of aliphatic hydroxyl groups is 2. The van der Waals surface area contributed by atoms with Crippen molar-refractivity contribution in [3.63, 3.8) is 0 Å². The number of aryl methyl sites for hydroxylation is 1. The van der Waals surface area contributed by atoms with Gasteiger partial charge in [-0.15, -0.1) is 50.0 Å². The number of aromatic hydroxyl groups is 1. The summed E-state index contributed by atoms with van der Waals surface area (Å²) in [4.78, 5) is 6.95. The van der Waals surface area contributed by atoms with Crippen molar-refractivity contribution in [3.05, 3.63) is 88.5 Å². The molecule has 3 heterocycles. The van der Waals surface area contributed by atoms with Gasteiger partial charge in [-0.05, 0) is 91.9 Å². The largest absolute Gasteiger partial charge is 0.493 e. The van der Waals surface area contributed by atoms with E-state index in [0.717, 1.165) is 57.8 Å². The van der Waals surface area contributed by atoms with E-state index in [1.54, 1.807) is 6.92 Å². The zero-order valence-electron chi connectivity index (χ0n) is 43.0. The van der Waals surface area contributed by atoms with E-state index in [1.165, 1.54) is 37.3 Å². The zero-order valence-corrected chi connectivity index (χ0v) is 49.5. The van der Waals surface area contributed by atoms with Crippen LogP contribution >= 0.6 is 23.1 Å². The number of imidazole rings is 1. The maximum Gasteiger partial charge on any atom is 0.425 e. The summed E-state index contributed by atoms with van der Waals surface area (Å²) in [7, 11) is -26.4. The lowest BCUT2D eigenvalue weighted by atomic mass is 10.1. The first kappa shape index (κ1) is 65.1. The van der Waals surface area contributed by atoms with E-state index >= 15 is 0 Å². The molecule has 85 heavy (non-hydrogen) atoms. The van der Waals surface area contributed by atoms with Crippen LogP contribution in [0.5, 0.6) is 11.6 Å². The second kappa shape index (κ2) is 25.6. The summed E-state index contributed by atoms with van der Waals surface area (Å²) >= 11 is 1.77. The van der Waals surface area contributed by atoms with Crippen LogP contribution < -0.4 is 4.74 Å². The molecule has 0 fully saturated rings. The predicted molar refractivity (Wildman–Crippen MR) is 300 cm³/mol. The Kier molecular flexibility index (Phi) is 19.6. The Hall–Kier alpha value is -7.47. The molecule has 0 radical (unpaired) electrons.